The van der Waals surface area contributed by atoms with Gasteiger partial charge in [-0.3, -0.25) is 4.79 Å². The molecule has 58 heavy (non-hydrogen) atoms. The summed E-state index contributed by atoms with van der Waals surface area (Å²) in [5, 5.41) is 9.71. The van der Waals surface area contributed by atoms with E-state index in [1.165, 1.54) is 33.8 Å². The molecule has 7 nitrogen and oxygen atoms in total. The number of halogens is 4. The van der Waals surface area contributed by atoms with E-state index in [1.54, 1.807) is 12.1 Å². The number of allylic oxidation sites excluding steroid dienone is 5. The fourth-order valence-corrected chi connectivity index (χ4v) is 8.20. The van der Waals surface area contributed by atoms with Gasteiger partial charge in [0.2, 0.25) is 5.69 Å². The van der Waals surface area contributed by atoms with E-state index >= 15 is 0 Å². The Hall–Kier alpha value is -4.89. The fourth-order valence-electron chi connectivity index (χ4n) is 7.87. The van der Waals surface area contributed by atoms with Crippen molar-refractivity contribution < 1.29 is 41.9 Å². The minimum atomic E-state index is -5.19. The van der Waals surface area contributed by atoms with Gasteiger partial charge in [-0.15, -0.1) is 5.73 Å². The molecule has 0 radical (unpaired) electrons. The number of alkyl halides is 3. The van der Waals surface area contributed by atoms with E-state index in [1.807, 2.05) is 18.2 Å². The molecule has 2 heterocycles. The number of carbonyl (C=O) groups is 2. The lowest BCUT2D eigenvalue weighted by molar-refractivity contribution is -0.433. The average molecular weight is 817 g/mol. The standard InChI is InChI=1S/C45H52ClN2O3.C2HF3O2/c1-6-47-38-23-12-10-21-36(38)44(2,3)40(47)28-26-33-17-16-18-34(43(33)46)27-29-41-45(4,5)37-22-11-13-24-39(37)48(41)30-32-50-31-15-14-25-42(49)51-35-19-8-7-9-20-35;3-2(4,5)1(6)7/h7-13,19-24,26-28,34H,6,14-18,25,30-32H2,1-5H3;(H,6,7)/q+1;/p-1/b28-26+;. The molecule has 11 heteroatoms. The summed E-state index contributed by atoms with van der Waals surface area (Å²) in [4.78, 5) is 23.3. The molecule has 0 saturated carbocycles. The van der Waals surface area contributed by atoms with Crippen molar-refractivity contribution in [2.24, 2.45) is 5.92 Å². The van der Waals surface area contributed by atoms with Crippen molar-refractivity contribution in [3.8, 4) is 5.75 Å². The molecule has 1 unspecified atom stereocenters. The van der Waals surface area contributed by atoms with Gasteiger partial charge >= 0.3 is 12.1 Å². The smallest absolute Gasteiger partial charge is 0.430 e. The Labute approximate surface area is 344 Å². The molecular weight excluding hydrogens is 765 g/mol. The van der Waals surface area contributed by atoms with Crippen molar-refractivity contribution in [1.29, 1.82) is 0 Å². The lowest BCUT2D eigenvalue weighted by Gasteiger charge is -2.26. The second-order valence-electron chi connectivity index (χ2n) is 15.6. The summed E-state index contributed by atoms with van der Waals surface area (Å²) in [5.41, 5.74) is 12.4. The predicted octanol–water partition coefficient (Wildman–Crippen LogP) is 9.86. The van der Waals surface area contributed by atoms with Crippen LogP contribution in [-0.2, 0) is 25.2 Å². The first-order chi connectivity index (χ1) is 27.6. The Bertz CT molecular complexity index is 2110. The van der Waals surface area contributed by atoms with E-state index in [4.69, 9.17) is 31.0 Å². The van der Waals surface area contributed by atoms with Gasteiger partial charge in [-0.05, 0) is 102 Å². The first-order valence-corrected chi connectivity index (χ1v) is 20.2. The third-order valence-electron chi connectivity index (χ3n) is 10.9. The Morgan fingerprint density at radius 2 is 1.59 bits per heavy atom. The van der Waals surface area contributed by atoms with Crippen LogP contribution in [0, 0.1) is 5.92 Å². The van der Waals surface area contributed by atoms with E-state index in [-0.39, 0.29) is 22.7 Å². The number of anilines is 1. The average Bonchev–Trinajstić information content (AvgIpc) is 3.54. The molecule has 0 spiro atoms. The van der Waals surface area contributed by atoms with Crippen LogP contribution < -0.4 is 14.7 Å². The number of benzene rings is 3. The predicted molar refractivity (Wildman–Crippen MR) is 221 cm³/mol. The minimum absolute atomic E-state index is 0.0682. The van der Waals surface area contributed by atoms with Crippen molar-refractivity contribution in [2.45, 2.75) is 90.1 Å². The van der Waals surface area contributed by atoms with E-state index < -0.39 is 12.1 Å². The zero-order chi connectivity index (χ0) is 42.1. The Balaban J connectivity index is 0.000000839. The normalized spacial score (nSPS) is 18.1. The molecular formula is C47H52ClF3N2O5. The molecule has 0 bridgehead atoms. The maximum absolute atomic E-state index is 12.2. The van der Waals surface area contributed by atoms with E-state index in [0.717, 1.165) is 55.9 Å². The second kappa shape index (κ2) is 19.2. The van der Waals surface area contributed by atoms with Crippen molar-refractivity contribution in [2.75, 3.05) is 31.2 Å². The number of unbranched alkanes of at least 4 members (excludes halogenated alkanes) is 1. The minimum Gasteiger partial charge on any atom is -0.542 e. The molecule has 1 atom stereocenters. The van der Waals surface area contributed by atoms with Crippen LogP contribution in [-0.4, -0.2) is 54.7 Å². The monoisotopic (exact) mass is 816 g/mol. The number of hydrogen-bond donors (Lipinski definition) is 0. The third kappa shape index (κ3) is 10.4. The number of hydrogen-bond acceptors (Lipinski definition) is 6. The van der Waals surface area contributed by atoms with Crippen LogP contribution in [0.4, 0.5) is 24.5 Å². The summed E-state index contributed by atoms with van der Waals surface area (Å²) in [6, 6.07) is 26.6. The van der Waals surface area contributed by atoms with Crippen LogP contribution in [0.3, 0.4) is 0 Å². The largest absolute Gasteiger partial charge is 0.542 e. The molecule has 6 rings (SSSR count). The first-order valence-electron chi connectivity index (χ1n) is 19.8. The molecule has 0 amide bonds. The van der Waals surface area contributed by atoms with Gasteiger partial charge in [-0.1, -0.05) is 72.3 Å². The first kappa shape index (κ1) is 44.2. The highest BCUT2D eigenvalue weighted by Crippen LogP contribution is 2.47. The van der Waals surface area contributed by atoms with Gasteiger partial charge in [0, 0.05) is 59.3 Å². The maximum Gasteiger partial charge on any atom is 0.430 e. The van der Waals surface area contributed by atoms with Gasteiger partial charge in [0.15, 0.2) is 5.71 Å². The van der Waals surface area contributed by atoms with Crippen molar-refractivity contribution in [1.82, 2.24) is 0 Å². The number of aliphatic carboxylic acids is 1. The molecule has 0 saturated heterocycles. The van der Waals surface area contributed by atoms with Crippen LogP contribution in [0.25, 0.3) is 0 Å². The molecule has 0 aromatic heterocycles. The number of fused-ring (bicyclic) bond motifs is 2. The third-order valence-corrected chi connectivity index (χ3v) is 11.4. The van der Waals surface area contributed by atoms with E-state index in [0.29, 0.717) is 25.4 Å². The van der Waals surface area contributed by atoms with Crippen LogP contribution >= 0.6 is 11.6 Å². The van der Waals surface area contributed by atoms with Crippen molar-refractivity contribution in [3.05, 3.63) is 130 Å². The summed E-state index contributed by atoms with van der Waals surface area (Å²) in [6.45, 7) is 14.3. The molecule has 0 N–H and O–H groups in total. The van der Waals surface area contributed by atoms with Gasteiger partial charge in [0.1, 0.15) is 18.3 Å². The van der Waals surface area contributed by atoms with Crippen LogP contribution in [0.5, 0.6) is 5.75 Å². The Morgan fingerprint density at radius 3 is 2.28 bits per heavy atom. The molecule has 0 fully saturated rings. The molecule has 1 aliphatic carbocycles. The summed E-state index contributed by atoms with van der Waals surface area (Å²) in [7, 11) is 0. The van der Waals surface area contributed by atoms with E-state index in [2.05, 4.69) is 117 Å². The highest BCUT2D eigenvalue weighted by atomic mass is 35.5. The van der Waals surface area contributed by atoms with E-state index in [9.17, 15) is 18.0 Å². The van der Waals surface area contributed by atoms with Crippen LogP contribution in [0.1, 0.15) is 84.3 Å². The van der Waals surface area contributed by atoms with Gasteiger partial charge in [-0.2, -0.15) is 17.7 Å². The SMILES string of the molecule is CC[N+]1=C(/C=C/C2=C(Cl)C(C=C=C3N(CCOCCCCC(=O)Oc4ccccc4)c4ccccc4C3(C)C)CCC2)C(C)(C)c2ccccc21.O=C([O-])C(F)(F)F. The number of carbonyl (C=O) groups excluding carboxylic acids is 2. The number of ether oxygens (including phenoxy) is 2. The summed E-state index contributed by atoms with van der Waals surface area (Å²) in [5.74, 6) is -2.50. The number of carboxylic acid groups (broad SMARTS) is 1. The highest BCUT2D eigenvalue weighted by molar-refractivity contribution is 6.30. The number of para-hydroxylation sites is 3. The molecule has 3 aromatic rings. The molecule has 3 aromatic carbocycles. The zero-order valence-corrected chi connectivity index (χ0v) is 34.6. The molecule has 3 aliphatic rings. The summed E-state index contributed by atoms with van der Waals surface area (Å²) in [6.07, 6.45) is 6.59. The maximum atomic E-state index is 12.2. The zero-order valence-electron chi connectivity index (χ0n) is 33.8. The van der Waals surface area contributed by atoms with Gasteiger partial charge in [0.05, 0.1) is 17.7 Å². The summed E-state index contributed by atoms with van der Waals surface area (Å²) < 4.78 is 45.5. The fraction of sp³-hybridized carbons (Fsp3) is 0.404. The van der Waals surface area contributed by atoms with Gasteiger partial charge in [-0.25, -0.2) is 0 Å². The summed E-state index contributed by atoms with van der Waals surface area (Å²) >= 11 is 7.21. The topological polar surface area (TPSA) is 81.9 Å². The van der Waals surface area contributed by atoms with Gasteiger partial charge in [0.25, 0.3) is 0 Å². The van der Waals surface area contributed by atoms with Gasteiger partial charge < -0.3 is 24.3 Å². The van der Waals surface area contributed by atoms with Crippen LogP contribution in [0.2, 0.25) is 0 Å². The van der Waals surface area contributed by atoms with Crippen molar-refractivity contribution >= 4 is 40.6 Å². The number of esters is 1. The lowest BCUT2D eigenvalue weighted by atomic mass is 9.81. The number of carboxylic acids is 1. The van der Waals surface area contributed by atoms with Crippen molar-refractivity contribution in [3.63, 3.8) is 0 Å². The Morgan fingerprint density at radius 1 is 0.931 bits per heavy atom. The molecule has 2 aliphatic heterocycles. The Kier molecular flexibility index (Phi) is 14.7. The quantitative estimate of drug-likeness (QED) is 0.0562. The lowest BCUT2D eigenvalue weighted by Crippen LogP contribution is -2.37. The molecule has 308 valence electrons. The number of nitrogens with zero attached hydrogens (tertiary/aromatic N) is 2. The second-order valence-corrected chi connectivity index (χ2v) is 16.0. The number of rotatable bonds is 13. The van der Waals surface area contributed by atoms with Crippen LogP contribution in [0.15, 0.2) is 119 Å². The highest BCUT2D eigenvalue weighted by Gasteiger charge is 2.44.